The van der Waals surface area contributed by atoms with Crippen LogP contribution in [0.2, 0.25) is 0 Å². The average molecular weight is 213 g/mol. The van der Waals surface area contributed by atoms with Crippen LogP contribution in [0.25, 0.3) is 0 Å². The molecule has 2 rings (SSSR count). The smallest absolute Gasteiger partial charge is 0.187 e. The molecule has 0 unspecified atom stereocenters. The van der Waals surface area contributed by atoms with E-state index in [1.165, 1.54) is 11.3 Å². The van der Waals surface area contributed by atoms with Crippen LogP contribution in [-0.4, -0.2) is 30.3 Å². The second-order valence-electron chi connectivity index (χ2n) is 4.07. The van der Waals surface area contributed by atoms with Gasteiger partial charge in [-0.15, -0.1) is 0 Å². The van der Waals surface area contributed by atoms with E-state index in [4.69, 9.17) is 10.5 Å². The first-order valence-electron chi connectivity index (χ1n) is 4.67. The maximum absolute atomic E-state index is 5.65. The minimum atomic E-state index is -0.0846. The predicted octanol–water partition coefficient (Wildman–Crippen LogP) is 1.34. The van der Waals surface area contributed by atoms with Crippen LogP contribution in [0.5, 0.6) is 0 Å². The Hall–Kier alpha value is -0.810. The number of thiazole rings is 1. The van der Waals surface area contributed by atoms with Crippen LogP contribution in [-0.2, 0) is 4.74 Å². The monoisotopic (exact) mass is 213 g/mol. The number of morpholine rings is 1. The van der Waals surface area contributed by atoms with Gasteiger partial charge >= 0.3 is 0 Å². The van der Waals surface area contributed by atoms with Crippen molar-refractivity contribution >= 4 is 21.5 Å². The van der Waals surface area contributed by atoms with Crippen molar-refractivity contribution in [1.82, 2.24) is 4.98 Å². The van der Waals surface area contributed by atoms with E-state index in [1.807, 2.05) is 0 Å². The number of anilines is 2. The highest BCUT2D eigenvalue weighted by atomic mass is 32.1. The second-order valence-corrected chi connectivity index (χ2v) is 5.12. The highest BCUT2D eigenvalue weighted by molar-refractivity contribution is 7.19. The van der Waals surface area contributed by atoms with Crippen molar-refractivity contribution in [2.24, 2.45) is 0 Å². The highest BCUT2D eigenvalue weighted by Crippen LogP contribution is 2.27. The fraction of sp³-hybridized carbons (Fsp3) is 0.667. The Labute approximate surface area is 87.7 Å². The molecule has 0 bridgehead atoms. The molecular formula is C9H15N3OS. The SMILES string of the molecule is CC1(C)CN(c2ncc(N)s2)CCO1. The van der Waals surface area contributed by atoms with E-state index in [-0.39, 0.29) is 5.60 Å². The van der Waals surface area contributed by atoms with E-state index in [0.29, 0.717) is 0 Å². The standard InChI is InChI=1S/C9H15N3OS/c1-9(2)6-12(3-4-13-9)8-11-5-7(10)14-8/h5H,3-4,6,10H2,1-2H3. The molecule has 1 saturated heterocycles. The Kier molecular flexibility index (Phi) is 2.36. The number of aromatic nitrogens is 1. The van der Waals surface area contributed by atoms with Crippen molar-refractivity contribution in [3.8, 4) is 0 Å². The third-order valence-electron chi connectivity index (χ3n) is 2.21. The van der Waals surface area contributed by atoms with Crippen LogP contribution in [0.3, 0.4) is 0 Å². The van der Waals surface area contributed by atoms with Gasteiger partial charge in [-0.3, -0.25) is 0 Å². The summed E-state index contributed by atoms with van der Waals surface area (Å²) in [6.45, 7) is 6.72. The van der Waals surface area contributed by atoms with Crippen molar-refractivity contribution in [1.29, 1.82) is 0 Å². The Morgan fingerprint density at radius 1 is 1.64 bits per heavy atom. The molecule has 1 fully saturated rings. The van der Waals surface area contributed by atoms with Gasteiger partial charge in [-0.1, -0.05) is 11.3 Å². The summed E-state index contributed by atoms with van der Waals surface area (Å²) < 4.78 is 5.63. The van der Waals surface area contributed by atoms with Gasteiger partial charge in [0.2, 0.25) is 0 Å². The van der Waals surface area contributed by atoms with Gasteiger partial charge < -0.3 is 15.4 Å². The third kappa shape index (κ3) is 1.99. The summed E-state index contributed by atoms with van der Waals surface area (Å²) in [5.41, 5.74) is 5.57. The number of ether oxygens (including phenoxy) is 1. The van der Waals surface area contributed by atoms with E-state index in [2.05, 4.69) is 23.7 Å². The Balaban J connectivity index is 2.12. The molecule has 1 aromatic rings. The number of nitrogen functional groups attached to an aromatic ring is 1. The quantitative estimate of drug-likeness (QED) is 0.765. The lowest BCUT2D eigenvalue weighted by Crippen LogP contribution is -2.48. The number of hydrogen-bond donors (Lipinski definition) is 1. The van der Waals surface area contributed by atoms with E-state index >= 15 is 0 Å². The molecule has 5 heteroatoms. The van der Waals surface area contributed by atoms with Crippen molar-refractivity contribution in [3.05, 3.63) is 6.20 Å². The normalized spacial score (nSPS) is 21.1. The van der Waals surface area contributed by atoms with Crippen LogP contribution >= 0.6 is 11.3 Å². The lowest BCUT2D eigenvalue weighted by atomic mass is 10.1. The van der Waals surface area contributed by atoms with E-state index in [1.54, 1.807) is 6.20 Å². The largest absolute Gasteiger partial charge is 0.389 e. The molecule has 0 radical (unpaired) electrons. The van der Waals surface area contributed by atoms with Crippen LogP contribution in [0.15, 0.2) is 6.20 Å². The molecule has 0 amide bonds. The molecule has 0 atom stereocenters. The van der Waals surface area contributed by atoms with E-state index < -0.39 is 0 Å². The Bertz CT molecular complexity index is 324. The first-order chi connectivity index (χ1) is 6.57. The van der Waals surface area contributed by atoms with Gasteiger partial charge in [-0.2, -0.15) is 0 Å². The minimum absolute atomic E-state index is 0.0846. The van der Waals surface area contributed by atoms with Crippen LogP contribution in [0, 0.1) is 0 Å². The zero-order chi connectivity index (χ0) is 10.2. The van der Waals surface area contributed by atoms with Crippen LogP contribution < -0.4 is 10.6 Å². The van der Waals surface area contributed by atoms with Gasteiger partial charge in [-0.25, -0.2) is 4.98 Å². The molecule has 0 saturated carbocycles. The maximum Gasteiger partial charge on any atom is 0.187 e. The lowest BCUT2D eigenvalue weighted by molar-refractivity contribution is -0.0277. The Morgan fingerprint density at radius 2 is 2.43 bits per heavy atom. The van der Waals surface area contributed by atoms with Gasteiger partial charge in [-0.05, 0) is 13.8 Å². The van der Waals surface area contributed by atoms with E-state index in [9.17, 15) is 0 Å². The van der Waals surface area contributed by atoms with Gasteiger partial charge in [0.1, 0.15) is 5.00 Å². The molecule has 4 nitrogen and oxygen atoms in total. The van der Waals surface area contributed by atoms with Gasteiger partial charge in [0, 0.05) is 13.1 Å². The number of nitrogens with zero attached hydrogens (tertiary/aromatic N) is 2. The molecule has 0 aliphatic carbocycles. The van der Waals surface area contributed by atoms with Gasteiger partial charge in [0.15, 0.2) is 5.13 Å². The average Bonchev–Trinajstić information content (AvgIpc) is 2.50. The topological polar surface area (TPSA) is 51.4 Å². The lowest BCUT2D eigenvalue weighted by Gasteiger charge is -2.37. The summed E-state index contributed by atoms with van der Waals surface area (Å²) in [6, 6.07) is 0. The molecule has 1 aliphatic rings. The first-order valence-corrected chi connectivity index (χ1v) is 5.49. The summed E-state index contributed by atoms with van der Waals surface area (Å²) >= 11 is 1.53. The molecule has 0 spiro atoms. The van der Waals surface area contributed by atoms with Gasteiger partial charge in [0.05, 0.1) is 18.4 Å². The molecule has 2 N–H and O–H groups in total. The van der Waals surface area contributed by atoms with E-state index in [0.717, 1.165) is 29.8 Å². The fourth-order valence-corrected chi connectivity index (χ4v) is 2.31. The van der Waals surface area contributed by atoms with Crippen molar-refractivity contribution in [3.63, 3.8) is 0 Å². The minimum Gasteiger partial charge on any atom is -0.389 e. The van der Waals surface area contributed by atoms with Crippen molar-refractivity contribution in [2.45, 2.75) is 19.4 Å². The molecule has 1 aliphatic heterocycles. The summed E-state index contributed by atoms with van der Waals surface area (Å²) in [6.07, 6.45) is 1.71. The molecule has 2 heterocycles. The summed E-state index contributed by atoms with van der Waals surface area (Å²) in [4.78, 5) is 6.50. The third-order valence-corrected chi connectivity index (χ3v) is 3.09. The molecular weight excluding hydrogens is 198 g/mol. The number of nitrogens with two attached hydrogens (primary N) is 1. The van der Waals surface area contributed by atoms with Crippen molar-refractivity contribution < 1.29 is 4.74 Å². The maximum atomic E-state index is 5.65. The molecule has 14 heavy (non-hydrogen) atoms. The molecule has 1 aromatic heterocycles. The van der Waals surface area contributed by atoms with Crippen LogP contribution in [0.1, 0.15) is 13.8 Å². The number of rotatable bonds is 1. The summed E-state index contributed by atoms with van der Waals surface area (Å²) in [5, 5.41) is 1.77. The van der Waals surface area contributed by atoms with Crippen molar-refractivity contribution in [2.75, 3.05) is 30.3 Å². The number of hydrogen-bond acceptors (Lipinski definition) is 5. The fourth-order valence-electron chi connectivity index (χ4n) is 1.60. The Morgan fingerprint density at radius 3 is 3.00 bits per heavy atom. The zero-order valence-corrected chi connectivity index (χ0v) is 9.30. The highest BCUT2D eigenvalue weighted by Gasteiger charge is 2.28. The van der Waals surface area contributed by atoms with Gasteiger partial charge in [0.25, 0.3) is 0 Å². The zero-order valence-electron chi connectivity index (χ0n) is 8.49. The first kappa shape index (κ1) is 9.73. The molecule has 0 aromatic carbocycles. The molecule has 78 valence electrons. The second kappa shape index (κ2) is 3.40. The van der Waals surface area contributed by atoms with Crippen LogP contribution in [0.4, 0.5) is 10.1 Å². The summed E-state index contributed by atoms with van der Waals surface area (Å²) in [5.74, 6) is 0. The summed E-state index contributed by atoms with van der Waals surface area (Å²) in [7, 11) is 0. The predicted molar refractivity (Wildman–Crippen MR) is 58.8 cm³/mol.